The number of hydrogen-bond acceptors (Lipinski definition) is 3. The monoisotopic (exact) mass is 276 g/mol. The largest absolute Gasteiger partial charge is 0.399 e. The van der Waals surface area contributed by atoms with Crippen molar-refractivity contribution in [1.82, 2.24) is 9.55 Å². The van der Waals surface area contributed by atoms with Crippen LogP contribution in [0.15, 0.2) is 42.5 Å². The van der Waals surface area contributed by atoms with Gasteiger partial charge in [0.2, 0.25) is 0 Å². The maximum atomic E-state index is 8.75. The maximum absolute atomic E-state index is 8.75. The lowest BCUT2D eigenvalue weighted by Gasteiger charge is -2.09. The quantitative estimate of drug-likeness (QED) is 0.747. The summed E-state index contributed by atoms with van der Waals surface area (Å²) < 4.78 is 2.14. The summed E-state index contributed by atoms with van der Waals surface area (Å²) in [5, 5.41) is 8.75. The summed E-state index contributed by atoms with van der Waals surface area (Å²) in [4.78, 5) is 4.66. The number of nitrogens with zero attached hydrogens (tertiary/aromatic N) is 3. The van der Waals surface area contributed by atoms with E-state index in [0.717, 1.165) is 40.2 Å². The average molecular weight is 276 g/mol. The summed E-state index contributed by atoms with van der Waals surface area (Å²) in [6, 6.07) is 16.0. The fourth-order valence-corrected chi connectivity index (χ4v) is 2.53. The van der Waals surface area contributed by atoms with Crippen LogP contribution in [0.3, 0.4) is 0 Å². The van der Waals surface area contributed by atoms with E-state index in [4.69, 9.17) is 11.0 Å². The molecule has 1 heterocycles. The normalized spacial score (nSPS) is 10.7. The van der Waals surface area contributed by atoms with Crippen molar-refractivity contribution < 1.29 is 0 Å². The zero-order valence-corrected chi connectivity index (χ0v) is 11.9. The van der Waals surface area contributed by atoms with E-state index in [1.807, 2.05) is 42.5 Å². The second kappa shape index (κ2) is 5.29. The first-order valence-corrected chi connectivity index (χ1v) is 6.96. The van der Waals surface area contributed by atoms with E-state index < -0.39 is 0 Å². The first-order valence-electron chi connectivity index (χ1n) is 6.96. The van der Waals surface area contributed by atoms with Crippen molar-refractivity contribution in [2.75, 3.05) is 5.73 Å². The third-order valence-electron chi connectivity index (χ3n) is 3.54. The van der Waals surface area contributed by atoms with Crippen LogP contribution in [-0.2, 0) is 12.8 Å². The van der Waals surface area contributed by atoms with E-state index in [-0.39, 0.29) is 0 Å². The fraction of sp³-hybridized carbons (Fsp3) is 0.176. The molecule has 0 bridgehead atoms. The van der Waals surface area contributed by atoms with Crippen molar-refractivity contribution >= 4 is 16.7 Å². The molecule has 0 aliphatic heterocycles. The van der Waals surface area contributed by atoms with Crippen molar-refractivity contribution in [3.63, 3.8) is 0 Å². The molecule has 3 rings (SSSR count). The predicted molar refractivity (Wildman–Crippen MR) is 84.2 cm³/mol. The Morgan fingerprint density at radius 3 is 2.62 bits per heavy atom. The lowest BCUT2D eigenvalue weighted by atomic mass is 10.1. The number of aryl methyl sites for hydroxylation is 1. The van der Waals surface area contributed by atoms with Gasteiger partial charge in [0.25, 0.3) is 0 Å². The van der Waals surface area contributed by atoms with Gasteiger partial charge in [0, 0.05) is 17.8 Å². The van der Waals surface area contributed by atoms with Crippen molar-refractivity contribution in [1.29, 1.82) is 5.26 Å². The second-order valence-corrected chi connectivity index (χ2v) is 4.97. The van der Waals surface area contributed by atoms with E-state index in [0.29, 0.717) is 6.42 Å². The first-order chi connectivity index (χ1) is 10.2. The van der Waals surface area contributed by atoms with Gasteiger partial charge in [0.15, 0.2) is 0 Å². The minimum absolute atomic E-state index is 0.433. The molecule has 2 N–H and O–H groups in total. The summed E-state index contributed by atoms with van der Waals surface area (Å²) in [7, 11) is 0. The molecule has 2 aromatic carbocycles. The molecule has 0 saturated heterocycles. The van der Waals surface area contributed by atoms with E-state index in [1.54, 1.807) is 0 Å². The van der Waals surface area contributed by atoms with E-state index in [2.05, 4.69) is 22.5 Å². The van der Waals surface area contributed by atoms with Crippen LogP contribution < -0.4 is 5.73 Å². The van der Waals surface area contributed by atoms with Crippen LogP contribution in [0.4, 0.5) is 5.69 Å². The molecule has 1 aromatic heterocycles. The Labute approximate surface area is 123 Å². The van der Waals surface area contributed by atoms with Gasteiger partial charge in [0.05, 0.1) is 23.5 Å². The number of aromatic nitrogens is 2. The van der Waals surface area contributed by atoms with Crippen LogP contribution in [0.2, 0.25) is 0 Å². The molecule has 3 aromatic rings. The minimum Gasteiger partial charge on any atom is -0.399 e. The molecular formula is C17H16N4. The van der Waals surface area contributed by atoms with Crippen molar-refractivity contribution in [3.05, 3.63) is 53.9 Å². The van der Waals surface area contributed by atoms with Gasteiger partial charge in [0.1, 0.15) is 5.82 Å². The highest BCUT2D eigenvalue weighted by atomic mass is 15.1. The van der Waals surface area contributed by atoms with Crippen LogP contribution in [0.1, 0.15) is 18.3 Å². The maximum Gasteiger partial charge on any atom is 0.114 e. The third-order valence-corrected chi connectivity index (χ3v) is 3.54. The number of anilines is 1. The molecule has 0 unspecified atom stereocenters. The molecule has 4 nitrogen and oxygen atoms in total. The molecular weight excluding hydrogens is 260 g/mol. The van der Waals surface area contributed by atoms with Crippen LogP contribution in [0.25, 0.3) is 16.7 Å². The van der Waals surface area contributed by atoms with Gasteiger partial charge in [-0.05, 0) is 35.9 Å². The number of benzene rings is 2. The Kier molecular flexibility index (Phi) is 3.33. The second-order valence-electron chi connectivity index (χ2n) is 4.97. The van der Waals surface area contributed by atoms with Crippen molar-refractivity contribution in [2.24, 2.45) is 0 Å². The van der Waals surface area contributed by atoms with Crippen molar-refractivity contribution in [3.8, 4) is 11.8 Å². The number of nitrogens with two attached hydrogens (primary N) is 1. The highest BCUT2D eigenvalue weighted by molar-refractivity contribution is 5.81. The summed E-state index contributed by atoms with van der Waals surface area (Å²) in [5.74, 6) is 1.00. The summed E-state index contributed by atoms with van der Waals surface area (Å²) in [5.41, 5.74) is 10.6. The molecule has 0 spiro atoms. The van der Waals surface area contributed by atoms with Crippen LogP contribution in [0.5, 0.6) is 0 Å². The van der Waals surface area contributed by atoms with Gasteiger partial charge in [-0.1, -0.05) is 19.1 Å². The van der Waals surface area contributed by atoms with E-state index in [9.17, 15) is 0 Å². The Morgan fingerprint density at radius 1 is 1.19 bits per heavy atom. The average Bonchev–Trinajstić information content (AvgIpc) is 2.86. The Hall–Kier alpha value is -2.80. The highest BCUT2D eigenvalue weighted by Crippen LogP contribution is 2.24. The number of fused-ring (bicyclic) bond motifs is 1. The molecule has 4 heteroatoms. The van der Waals surface area contributed by atoms with Gasteiger partial charge in [-0.3, -0.25) is 4.57 Å². The molecule has 104 valence electrons. The lowest BCUT2D eigenvalue weighted by Crippen LogP contribution is -2.00. The summed E-state index contributed by atoms with van der Waals surface area (Å²) in [6.45, 7) is 2.09. The lowest BCUT2D eigenvalue weighted by molar-refractivity contribution is 0.907. The van der Waals surface area contributed by atoms with E-state index in [1.165, 1.54) is 0 Å². The molecule has 0 amide bonds. The zero-order valence-electron chi connectivity index (χ0n) is 11.9. The SMILES string of the molecule is CCc1nc2cc(N)ccc2n1-c1ccc(CC#N)cc1. The molecule has 0 fully saturated rings. The van der Waals surface area contributed by atoms with Gasteiger partial charge >= 0.3 is 0 Å². The molecule has 0 aliphatic carbocycles. The Balaban J connectivity index is 2.16. The van der Waals surface area contributed by atoms with Crippen LogP contribution in [0, 0.1) is 11.3 Å². The Bertz CT molecular complexity index is 822. The van der Waals surface area contributed by atoms with Gasteiger partial charge in [-0.15, -0.1) is 0 Å². The van der Waals surface area contributed by atoms with Gasteiger partial charge in [-0.2, -0.15) is 5.26 Å². The number of rotatable bonds is 3. The van der Waals surface area contributed by atoms with Crippen LogP contribution in [-0.4, -0.2) is 9.55 Å². The zero-order chi connectivity index (χ0) is 14.8. The third kappa shape index (κ3) is 2.34. The smallest absolute Gasteiger partial charge is 0.114 e. The molecule has 0 aliphatic rings. The fourth-order valence-electron chi connectivity index (χ4n) is 2.53. The molecule has 0 atom stereocenters. The minimum atomic E-state index is 0.433. The standard InChI is InChI=1S/C17H16N4/c1-2-17-20-15-11-13(19)5-8-16(15)21(17)14-6-3-12(4-7-14)9-10-18/h3-8,11H,2,9,19H2,1H3. The number of nitriles is 1. The molecule has 0 radical (unpaired) electrons. The topological polar surface area (TPSA) is 67.6 Å². The summed E-state index contributed by atoms with van der Waals surface area (Å²) in [6.07, 6.45) is 1.27. The molecule has 0 saturated carbocycles. The number of nitrogen functional groups attached to an aromatic ring is 1. The summed E-state index contributed by atoms with van der Waals surface area (Å²) >= 11 is 0. The molecule has 21 heavy (non-hydrogen) atoms. The van der Waals surface area contributed by atoms with Gasteiger partial charge in [-0.25, -0.2) is 4.98 Å². The Morgan fingerprint density at radius 2 is 1.95 bits per heavy atom. The van der Waals surface area contributed by atoms with Crippen molar-refractivity contribution in [2.45, 2.75) is 19.8 Å². The highest BCUT2D eigenvalue weighted by Gasteiger charge is 2.11. The number of imidazole rings is 1. The van der Waals surface area contributed by atoms with E-state index >= 15 is 0 Å². The van der Waals surface area contributed by atoms with Crippen LogP contribution >= 0.6 is 0 Å². The van der Waals surface area contributed by atoms with Gasteiger partial charge < -0.3 is 5.73 Å². The predicted octanol–water partition coefficient (Wildman–Crippen LogP) is 3.24. The number of hydrogen-bond donors (Lipinski definition) is 1. The first kappa shape index (κ1) is 13.2.